The highest BCUT2D eigenvalue weighted by molar-refractivity contribution is 6.34. The summed E-state index contributed by atoms with van der Waals surface area (Å²) in [5.41, 5.74) is 5.93. The van der Waals surface area contributed by atoms with Crippen LogP contribution in [0, 0.1) is 0 Å². The summed E-state index contributed by atoms with van der Waals surface area (Å²) in [4.78, 5) is 6.95. The van der Waals surface area contributed by atoms with E-state index in [0.29, 0.717) is 5.75 Å². The van der Waals surface area contributed by atoms with Crippen molar-refractivity contribution in [3.8, 4) is 5.75 Å². The van der Waals surface area contributed by atoms with Gasteiger partial charge in [0.15, 0.2) is 0 Å². The molecule has 4 nitrogen and oxygen atoms in total. The quantitative estimate of drug-likeness (QED) is 0.657. The number of alkyl halides is 3. The van der Waals surface area contributed by atoms with E-state index in [1.807, 2.05) is 0 Å². The fourth-order valence-electron chi connectivity index (χ4n) is 1.77. The van der Waals surface area contributed by atoms with Crippen LogP contribution in [0.2, 0.25) is 5.02 Å². The van der Waals surface area contributed by atoms with Crippen molar-refractivity contribution in [2.75, 3.05) is 7.11 Å². The van der Waals surface area contributed by atoms with E-state index in [9.17, 15) is 13.2 Å². The molecule has 0 saturated heterocycles. The van der Waals surface area contributed by atoms with Gasteiger partial charge in [-0.05, 0) is 36.4 Å². The lowest BCUT2D eigenvalue weighted by Gasteiger charge is -2.09. The van der Waals surface area contributed by atoms with Gasteiger partial charge in [0.1, 0.15) is 11.6 Å². The van der Waals surface area contributed by atoms with Crippen LogP contribution in [0.3, 0.4) is 0 Å². The van der Waals surface area contributed by atoms with Gasteiger partial charge in [-0.1, -0.05) is 23.7 Å². The Morgan fingerprint density at radius 3 is 2.25 bits per heavy atom. The summed E-state index contributed by atoms with van der Waals surface area (Å²) in [6.45, 7) is 0. The number of rotatable bonds is 3. The van der Waals surface area contributed by atoms with Crippen molar-refractivity contribution in [3.05, 3.63) is 59.1 Å². The third-order valence-electron chi connectivity index (χ3n) is 2.94. The first-order chi connectivity index (χ1) is 11.3. The molecule has 0 aliphatic heterocycles. The Balaban J connectivity index is 2.43. The first kappa shape index (κ1) is 17.8. The monoisotopic (exact) mass is 355 g/mol. The standard InChI is InChI=1S/C16H13ClF3N3O/c1-24-11-8-6-10(7-9-11)22-15(16(18,19)20)23-14(21)12-4-2-3-5-13(12)17/h2-9H,1H3,(H2,21,22,23). The van der Waals surface area contributed by atoms with E-state index >= 15 is 0 Å². The van der Waals surface area contributed by atoms with E-state index in [-0.39, 0.29) is 22.1 Å². The summed E-state index contributed by atoms with van der Waals surface area (Å²) in [5.74, 6) is -1.24. The van der Waals surface area contributed by atoms with Crippen LogP contribution in [0.25, 0.3) is 0 Å². The molecule has 0 aliphatic rings. The molecule has 0 heterocycles. The fourth-order valence-corrected chi connectivity index (χ4v) is 2.01. The van der Waals surface area contributed by atoms with Gasteiger partial charge in [0.25, 0.3) is 0 Å². The van der Waals surface area contributed by atoms with Crippen molar-refractivity contribution in [2.45, 2.75) is 6.18 Å². The van der Waals surface area contributed by atoms with Crippen LogP contribution < -0.4 is 10.5 Å². The SMILES string of the molecule is COc1ccc(N=C(N=C(N)c2ccccc2Cl)C(F)(F)F)cc1. The molecule has 24 heavy (non-hydrogen) atoms. The van der Waals surface area contributed by atoms with Crippen molar-refractivity contribution < 1.29 is 17.9 Å². The molecule has 0 amide bonds. The normalized spacial score (nSPS) is 13.0. The lowest BCUT2D eigenvalue weighted by atomic mass is 10.2. The van der Waals surface area contributed by atoms with E-state index in [1.165, 1.54) is 43.5 Å². The van der Waals surface area contributed by atoms with Crippen molar-refractivity contribution in [1.82, 2.24) is 0 Å². The van der Waals surface area contributed by atoms with E-state index < -0.39 is 12.0 Å². The summed E-state index contributed by atoms with van der Waals surface area (Å²) in [7, 11) is 1.45. The predicted molar refractivity (Wildman–Crippen MR) is 88.3 cm³/mol. The molecule has 0 atom stereocenters. The molecule has 0 unspecified atom stereocenters. The summed E-state index contributed by atoms with van der Waals surface area (Å²) in [6, 6.07) is 12.0. The number of nitrogens with zero attached hydrogens (tertiary/aromatic N) is 2. The summed E-state index contributed by atoms with van der Waals surface area (Å²) in [5, 5.41) is 0.199. The molecule has 0 spiro atoms. The molecule has 126 valence electrons. The first-order valence-corrected chi connectivity index (χ1v) is 7.08. The van der Waals surface area contributed by atoms with Gasteiger partial charge >= 0.3 is 6.18 Å². The molecular formula is C16H13ClF3N3O. The Morgan fingerprint density at radius 2 is 1.71 bits per heavy atom. The Labute approximate surface area is 141 Å². The minimum atomic E-state index is -4.77. The van der Waals surface area contributed by atoms with Crippen LogP contribution in [0.1, 0.15) is 5.56 Å². The van der Waals surface area contributed by atoms with Crippen molar-refractivity contribution in [2.24, 2.45) is 15.7 Å². The number of benzene rings is 2. The van der Waals surface area contributed by atoms with Gasteiger partial charge in [-0.3, -0.25) is 0 Å². The molecular weight excluding hydrogens is 343 g/mol. The molecule has 0 radical (unpaired) electrons. The zero-order valence-electron chi connectivity index (χ0n) is 12.5. The Bertz CT molecular complexity index is 771. The second-order valence-electron chi connectivity index (χ2n) is 4.61. The minimum absolute atomic E-state index is 0.0684. The van der Waals surface area contributed by atoms with Gasteiger partial charge in [-0.2, -0.15) is 13.2 Å². The highest BCUT2D eigenvalue weighted by Gasteiger charge is 2.36. The summed E-state index contributed by atoms with van der Waals surface area (Å²) < 4.78 is 44.5. The first-order valence-electron chi connectivity index (χ1n) is 6.70. The maximum Gasteiger partial charge on any atom is 0.451 e. The topological polar surface area (TPSA) is 60.0 Å². The summed E-state index contributed by atoms with van der Waals surface area (Å²) in [6.07, 6.45) is -4.77. The lowest BCUT2D eigenvalue weighted by molar-refractivity contribution is -0.0596. The van der Waals surface area contributed by atoms with Gasteiger partial charge in [-0.25, -0.2) is 9.98 Å². The average molecular weight is 356 g/mol. The highest BCUT2D eigenvalue weighted by Crippen LogP contribution is 2.25. The zero-order valence-corrected chi connectivity index (χ0v) is 13.3. The van der Waals surface area contributed by atoms with Crippen LogP contribution in [0.5, 0.6) is 5.75 Å². The molecule has 0 aliphatic carbocycles. The highest BCUT2D eigenvalue weighted by atomic mass is 35.5. The number of hydrogen-bond acceptors (Lipinski definition) is 2. The third kappa shape index (κ3) is 4.48. The summed E-state index contributed by atoms with van der Waals surface area (Å²) >= 11 is 5.91. The minimum Gasteiger partial charge on any atom is -0.497 e. The predicted octanol–water partition coefficient (Wildman–Crippen LogP) is 4.35. The van der Waals surface area contributed by atoms with E-state index in [4.69, 9.17) is 22.1 Å². The van der Waals surface area contributed by atoms with Crippen molar-refractivity contribution >= 4 is 29.0 Å². The van der Waals surface area contributed by atoms with Gasteiger partial charge in [0.2, 0.25) is 5.84 Å². The number of nitrogens with two attached hydrogens (primary N) is 1. The van der Waals surface area contributed by atoms with E-state index in [0.717, 1.165) is 0 Å². The Kier molecular flexibility index (Phi) is 5.46. The molecule has 0 saturated carbocycles. The number of ether oxygens (including phenoxy) is 1. The molecule has 2 rings (SSSR count). The van der Waals surface area contributed by atoms with Gasteiger partial charge < -0.3 is 10.5 Å². The van der Waals surface area contributed by atoms with Crippen LogP contribution >= 0.6 is 11.6 Å². The third-order valence-corrected chi connectivity index (χ3v) is 3.27. The Hall–Kier alpha value is -2.54. The second kappa shape index (κ2) is 7.35. The molecule has 8 heteroatoms. The number of aliphatic imine (C=N–C) groups is 2. The van der Waals surface area contributed by atoms with Crippen LogP contribution in [-0.4, -0.2) is 25.0 Å². The van der Waals surface area contributed by atoms with Crippen molar-refractivity contribution in [1.29, 1.82) is 0 Å². The second-order valence-corrected chi connectivity index (χ2v) is 5.02. The van der Waals surface area contributed by atoms with Gasteiger partial charge in [-0.15, -0.1) is 0 Å². The van der Waals surface area contributed by atoms with Crippen LogP contribution in [0.15, 0.2) is 58.5 Å². The molecule has 0 aromatic heterocycles. The van der Waals surface area contributed by atoms with Gasteiger partial charge in [0, 0.05) is 5.56 Å². The molecule has 2 aromatic carbocycles. The maximum absolute atomic E-state index is 13.2. The number of halogens is 4. The van der Waals surface area contributed by atoms with Gasteiger partial charge in [0.05, 0.1) is 17.8 Å². The molecule has 2 N–H and O–H groups in total. The molecule has 0 fully saturated rings. The number of amidine groups is 2. The van der Waals surface area contributed by atoms with E-state index in [2.05, 4.69) is 9.98 Å². The lowest BCUT2D eigenvalue weighted by Crippen LogP contribution is -2.25. The Morgan fingerprint density at radius 1 is 1.08 bits per heavy atom. The largest absolute Gasteiger partial charge is 0.497 e. The molecule has 2 aromatic rings. The molecule has 0 bridgehead atoms. The maximum atomic E-state index is 13.2. The number of hydrogen-bond donors (Lipinski definition) is 1. The van der Waals surface area contributed by atoms with E-state index in [1.54, 1.807) is 12.1 Å². The average Bonchev–Trinajstić information content (AvgIpc) is 2.54. The zero-order chi connectivity index (χ0) is 17.7. The smallest absolute Gasteiger partial charge is 0.451 e. The van der Waals surface area contributed by atoms with Crippen LogP contribution in [0.4, 0.5) is 18.9 Å². The van der Waals surface area contributed by atoms with Crippen molar-refractivity contribution in [3.63, 3.8) is 0 Å². The number of methoxy groups -OCH3 is 1. The fraction of sp³-hybridized carbons (Fsp3) is 0.125. The van der Waals surface area contributed by atoms with Crippen LogP contribution in [-0.2, 0) is 0 Å².